The van der Waals surface area contributed by atoms with E-state index in [2.05, 4.69) is 5.32 Å². The van der Waals surface area contributed by atoms with E-state index in [1.54, 1.807) is 0 Å². The minimum atomic E-state index is -0.621. The molecule has 3 N–H and O–H groups in total. The minimum Gasteiger partial charge on any atom is -0.399 e. The number of aryl methyl sites for hydroxylation is 2. The molecular weight excluding hydrogens is 260 g/mol. The van der Waals surface area contributed by atoms with Gasteiger partial charge in [0, 0.05) is 11.4 Å². The van der Waals surface area contributed by atoms with E-state index in [1.807, 2.05) is 70.2 Å². The second-order valence-corrected chi connectivity index (χ2v) is 6.02. The van der Waals surface area contributed by atoms with Crippen molar-refractivity contribution >= 4 is 17.3 Å². The zero-order valence-electron chi connectivity index (χ0n) is 13.0. The summed E-state index contributed by atoms with van der Waals surface area (Å²) in [5.41, 5.74) is 9.77. The van der Waals surface area contributed by atoms with Gasteiger partial charge in [0.2, 0.25) is 5.91 Å². The molecule has 0 bridgehead atoms. The molecule has 0 spiro atoms. The van der Waals surface area contributed by atoms with Gasteiger partial charge in [0.05, 0.1) is 5.41 Å². The number of nitrogens with two attached hydrogens (primary N) is 1. The molecule has 0 heterocycles. The molecule has 0 aliphatic rings. The summed E-state index contributed by atoms with van der Waals surface area (Å²) in [6, 6.07) is 13.5. The van der Waals surface area contributed by atoms with Crippen molar-refractivity contribution in [1.29, 1.82) is 0 Å². The average molecular weight is 282 g/mol. The van der Waals surface area contributed by atoms with Gasteiger partial charge in [-0.15, -0.1) is 0 Å². The maximum absolute atomic E-state index is 12.6. The lowest BCUT2D eigenvalue weighted by molar-refractivity contribution is -0.120. The van der Waals surface area contributed by atoms with Crippen molar-refractivity contribution in [2.75, 3.05) is 11.1 Å². The number of rotatable bonds is 3. The highest BCUT2D eigenvalue weighted by atomic mass is 16.2. The monoisotopic (exact) mass is 282 g/mol. The number of carbonyl (C=O) groups is 1. The standard InChI is InChI=1S/C18H22N2O/c1-12-5-6-13(2)16(11-12)20-17(21)18(3,4)14-7-9-15(19)10-8-14/h5-11H,19H2,1-4H3,(H,20,21). The Labute approximate surface area is 126 Å². The minimum absolute atomic E-state index is 0.0269. The summed E-state index contributed by atoms with van der Waals surface area (Å²) in [7, 11) is 0. The highest BCUT2D eigenvalue weighted by Gasteiger charge is 2.30. The Kier molecular flexibility index (Phi) is 4.03. The van der Waals surface area contributed by atoms with Crippen LogP contribution < -0.4 is 11.1 Å². The molecule has 0 radical (unpaired) electrons. The second kappa shape index (κ2) is 5.60. The molecule has 0 aliphatic heterocycles. The lowest BCUT2D eigenvalue weighted by atomic mass is 9.83. The fourth-order valence-corrected chi connectivity index (χ4v) is 2.18. The van der Waals surface area contributed by atoms with E-state index in [1.165, 1.54) is 0 Å². The van der Waals surface area contributed by atoms with Gasteiger partial charge in [-0.2, -0.15) is 0 Å². The SMILES string of the molecule is Cc1ccc(C)c(NC(=O)C(C)(C)c2ccc(N)cc2)c1. The van der Waals surface area contributed by atoms with Crippen molar-refractivity contribution in [3.8, 4) is 0 Å². The van der Waals surface area contributed by atoms with Crippen LogP contribution >= 0.6 is 0 Å². The van der Waals surface area contributed by atoms with Crippen LogP contribution in [0.3, 0.4) is 0 Å². The highest BCUT2D eigenvalue weighted by Crippen LogP contribution is 2.27. The Bertz CT molecular complexity index is 657. The summed E-state index contributed by atoms with van der Waals surface area (Å²) in [6.07, 6.45) is 0. The summed E-state index contributed by atoms with van der Waals surface area (Å²) >= 11 is 0. The van der Waals surface area contributed by atoms with Gasteiger partial charge in [-0.05, 0) is 62.6 Å². The Morgan fingerprint density at radius 3 is 2.29 bits per heavy atom. The third-order valence-corrected chi connectivity index (χ3v) is 3.84. The van der Waals surface area contributed by atoms with Crippen LogP contribution in [0.15, 0.2) is 42.5 Å². The summed E-state index contributed by atoms with van der Waals surface area (Å²) in [5, 5.41) is 3.03. The van der Waals surface area contributed by atoms with E-state index in [9.17, 15) is 4.79 Å². The quantitative estimate of drug-likeness (QED) is 0.841. The molecule has 0 atom stereocenters. The molecule has 3 heteroatoms. The number of anilines is 2. The molecule has 0 unspecified atom stereocenters. The van der Waals surface area contributed by atoms with Crippen LogP contribution in [0.5, 0.6) is 0 Å². The predicted molar refractivity (Wildman–Crippen MR) is 88.4 cm³/mol. The van der Waals surface area contributed by atoms with E-state index < -0.39 is 5.41 Å². The van der Waals surface area contributed by atoms with Crippen LogP contribution in [-0.2, 0) is 10.2 Å². The van der Waals surface area contributed by atoms with Gasteiger partial charge in [-0.1, -0.05) is 24.3 Å². The largest absolute Gasteiger partial charge is 0.399 e. The molecule has 21 heavy (non-hydrogen) atoms. The van der Waals surface area contributed by atoms with Crippen LogP contribution in [0.2, 0.25) is 0 Å². The predicted octanol–water partition coefficient (Wildman–Crippen LogP) is 3.80. The van der Waals surface area contributed by atoms with Crippen molar-refractivity contribution in [3.63, 3.8) is 0 Å². The zero-order valence-corrected chi connectivity index (χ0v) is 13.0. The highest BCUT2D eigenvalue weighted by molar-refractivity contribution is 5.99. The van der Waals surface area contributed by atoms with Crippen LogP contribution in [-0.4, -0.2) is 5.91 Å². The van der Waals surface area contributed by atoms with Crippen LogP contribution in [0.25, 0.3) is 0 Å². The van der Waals surface area contributed by atoms with Crippen molar-refractivity contribution in [3.05, 3.63) is 59.2 Å². The number of hydrogen-bond acceptors (Lipinski definition) is 2. The first-order valence-corrected chi connectivity index (χ1v) is 7.05. The van der Waals surface area contributed by atoms with Crippen LogP contribution in [0.4, 0.5) is 11.4 Å². The molecule has 2 rings (SSSR count). The second-order valence-electron chi connectivity index (χ2n) is 6.02. The van der Waals surface area contributed by atoms with Gasteiger partial charge in [-0.3, -0.25) is 4.79 Å². The van der Waals surface area contributed by atoms with Gasteiger partial charge < -0.3 is 11.1 Å². The van der Waals surface area contributed by atoms with Crippen molar-refractivity contribution < 1.29 is 4.79 Å². The topological polar surface area (TPSA) is 55.1 Å². The third kappa shape index (κ3) is 3.24. The molecule has 3 nitrogen and oxygen atoms in total. The maximum atomic E-state index is 12.6. The smallest absolute Gasteiger partial charge is 0.234 e. The normalized spacial score (nSPS) is 11.2. The molecule has 0 aliphatic carbocycles. The van der Waals surface area contributed by atoms with Crippen molar-refractivity contribution in [2.24, 2.45) is 0 Å². The Hall–Kier alpha value is -2.29. The van der Waals surface area contributed by atoms with Crippen LogP contribution in [0, 0.1) is 13.8 Å². The molecular formula is C18H22N2O. The fraction of sp³-hybridized carbons (Fsp3) is 0.278. The number of benzene rings is 2. The van der Waals surface area contributed by atoms with E-state index in [4.69, 9.17) is 5.73 Å². The van der Waals surface area contributed by atoms with E-state index in [0.29, 0.717) is 5.69 Å². The molecule has 1 amide bonds. The third-order valence-electron chi connectivity index (χ3n) is 3.84. The molecule has 0 aromatic heterocycles. The maximum Gasteiger partial charge on any atom is 0.234 e. The first-order valence-electron chi connectivity index (χ1n) is 7.05. The van der Waals surface area contributed by atoms with Gasteiger partial charge in [0.25, 0.3) is 0 Å². The fourth-order valence-electron chi connectivity index (χ4n) is 2.18. The Morgan fingerprint density at radius 1 is 1.05 bits per heavy atom. The van der Waals surface area contributed by atoms with E-state index in [-0.39, 0.29) is 5.91 Å². The van der Waals surface area contributed by atoms with E-state index >= 15 is 0 Å². The van der Waals surface area contributed by atoms with Gasteiger partial charge in [-0.25, -0.2) is 0 Å². The van der Waals surface area contributed by atoms with Gasteiger partial charge in [0.1, 0.15) is 0 Å². The average Bonchev–Trinajstić information content (AvgIpc) is 2.43. The molecule has 2 aromatic carbocycles. The van der Waals surface area contributed by atoms with Crippen molar-refractivity contribution in [2.45, 2.75) is 33.1 Å². The summed E-state index contributed by atoms with van der Waals surface area (Å²) in [6.45, 7) is 7.84. The van der Waals surface area contributed by atoms with Gasteiger partial charge in [0.15, 0.2) is 0 Å². The van der Waals surface area contributed by atoms with Crippen molar-refractivity contribution in [1.82, 2.24) is 0 Å². The number of hydrogen-bond donors (Lipinski definition) is 2. The Balaban J connectivity index is 2.26. The molecule has 0 saturated carbocycles. The molecule has 2 aromatic rings. The first kappa shape index (κ1) is 15.1. The number of nitrogen functional groups attached to an aromatic ring is 1. The van der Waals surface area contributed by atoms with E-state index in [0.717, 1.165) is 22.4 Å². The number of nitrogens with one attached hydrogen (secondary N) is 1. The molecule has 0 saturated heterocycles. The number of carbonyl (C=O) groups excluding carboxylic acids is 1. The summed E-state index contributed by atoms with van der Waals surface area (Å²) in [4.78, 5) is 12.6. The first-order chi connectivity index (χ1) is 9.80. The lowest BCUT2D eigenvalue weighted by Gasteiger charge is -2.25. The summed E-state index contributed by atoms with van der Waals surface area (Å²) < 4.78 is 0. The Morgan fingerprint density at radius 2 is 1.67 bits per heavy atom. The molecule has 0 fully saturated rings. The number of amides is 1. The summed E-state index contributed by atoms with van der Waals surface area (Å²) in [5.74, 6) is -0.0269. The van der Waals surface area contributed by atoms with Gasteiger partial charge >= 0.3 is 0 Å². The molecule has 110 valence electrons. The zero-order chi connectivity index (χ0) is 15.6. The van der Waals surface area contributed by atoms with Crippen LogP contribution in [0.1, 0.15) is 30.5 Å². The lowest BCUT2D eigenvalue weighted by Crippen LogP contribution is -2.34.